The summed E-state index contributed by atoms with van der Waals surface area (Å²) in [5.41, 5.74) is 16.0. The zero-order chi connectivity index (χ0) is 18.0. The molecule has 1 aromatic carbocycles. The van der Waals surface area contributed by atoms with Gasteiger partial charge in [-0.3, -0.25) is 0 Å². The highest BCUT2D eigenvalue weighted by Crippen LogP contribution is 2.56. The SMILES string of the molecule is C=C(OCC)C1=C(CCC)N=C(N)/C(=C\N)C12CSc1ccccc12. The molecule has 0 saturated heterocycles. The third kappa shape index (κ3) is 2.67. The summed E-state index contributed by atoms with van der Waals surface area (Å²) in [6.07, 6.45) is 3.40. The molecule has 0 aliphatic carbocycles. The third-order valence-electron chi connectivity index (χ3n) is 4.75. The number of rotatable bonds is 5. The summed E-state index contributed by atoms with van der Waals surface area (Å²) in [7, 11) is 0. The van der Waals surface area contributed by atoms with Gasteiger partial charge in [-0.2, -0.15) is 0 Å². The van der Waals surface area contributed by atoms with E-state index in [1.54, 1.807) is 6.20 Å². The van der Waals surface area contributed by atoms with E-state index < -0.39 is 5.41 Å². The lowest BCUT2D eigenvalue weighted by atomic mass is 9.67. The van der Waals surface area contributed by atoms with E-state index in [9.17, 15) is 0 Å². The summed E-state index contributed by atoms with van der Waals surface area (Å²) < 4.78 is 5.85. The van der Waals surface area contributed by atoms with Gasteiger partial charge in [0.05, 0.1) is 17.7 Å². The molecule has 2 aliphatic rings. The van der Waals surface area contributed by atoms with Crippen LogP contribution in [0.5, 0.6) is 0 Å². The van der Waals surface area contributed by atoms with Crippen molar-refractivity contribution < 1.29 is 4.74 Å². The number of nitrogens with zero attached hydrogens (tertiary/aromatic N) is 1. The first-order valence-corrected chi connectivity index (χ1v) is 9.63. The van der Waals surface area contributed by atoms with Crippen molar-refractivity contribution in [1.29, 1.82) is 0 Å². The van der Waals surface area contributed by atoms with Crippen LogP contribution in [0.25, 0.3) is 0 Å². The van der Waals surface area contributed by atoms with Gasteiger partial charge in [-0.25, -0.2) is 4.99 Å². The number of hydrogen-bond acceptors (Lipinski definition) is 5. The van der Waals surface area contributed by atoms with Gasteiger partial charge in [0, 0.05) is 28.0 Å². The molecule has 1 unspecified atom stereocenters. The lowest BCUT2D eigenvalue weighted by Crippen LogP contribution is -2.42. The molecule has 1 atom stereocenters. The molecule has 3 rings (SSSR count). The Morgan fingerprint density at radius 1 is 1.40 bits per heavy atom. The van der Waals surface area contributed by atoms with Crippen LogP contribution in [0.2, 0.25) is 0 Å². The van der Waals surface area contributed by atoms with E-state index in [4.69, 9.17) is 16.2 Å². The molecule has 0 saturated carbocycles. The minimum Gasteiger partial charge on any atom is -0.494 e. The molecular formula is C20H25N3OS. The normalized spacial score (nSPS) is 23.8. The van der Waals surface area contributed by atoms with Crippen molar-refractivity contribution in [3.05, 3.63) is 65.2 Å². The molecule has 1 aromatic rings. The summed E-state index contributed by atoms with van der Waals surface area (Å²) in [4.78, 5) is 5.92. The zero-order valence-electron chi connectivity index (χ0n) is 14.8. The van der Waals surface area contributed by atoms with Crippen molar-refractivity contribution in [3.8, 4) is 0 Å². The molecule has 0 aromatic heterocycles. The van der Waals surface area contributed by atoms with Crippen LogP contribution in [0, 0.1) is 0 Å². The van der Waals surface area contributed by atoms with Crippen molar-refractivity contribution >= 4 is 17.6 Å². The maximum absolute atomic E-state index is 6.35. The van der Waals surface area contributed by atoms with E-state index in [0.717, 1.165) is 35.4 Å². The van der Waals surface area contributed by atoms with Crippen LogP contribution < -0.4 is 11.5 Å². The predicted octanol–water partition coefficient (Wildman–Crippen LogP) is 3.85. The van der Waals surface area contributed by atoms with Gasteiger partial charge in [0.15, 0.2) is 0 Å². The fourth-order valence-electron chi connectivity index (χ4n) is 3.79. The molecule has 0 bridgehead atoms. The number of nitrogens with two attached hydrogens (primary N) is 2. The lowest BCUT2D eigenvalue weighted by Gasteiger charge is -2.39. The monoisotopic (exact) mass is 355 g/mol. The van der Waals surface area contributed by atoms with Crippen molar-refractivity contribution in [2.24, 2.45) is 16.5 Å². The molecule has 4 nitrogen and oxygen atoms in total. The average Bonchev–Trinajstić information content (AvgIpc) is 2.96. The van der Waals surface area contributed by atoms with Gasteiger partial charge < -0.3 is 16.2 Å². The highest BCUT2D eigenvalue weighted by molar-refractivity contribution is 7.99. The molecule has 25 heavy (non-hydrogen) atoms. The second-order valence-corrected chi connectivity index (χ2v) is 7.21. The number of benzene rings is 1. The van der Waals surface area contributed by atoms with Crippen LogP contribution in [0.15, 0.2) is 69.5 Å². The standard InChI is InChI=1S/C20H25N3OS/c1-4-8-16-18(13(3)24-5-2)20(15(11-21)19(22)23-16)12-25-17-10-7-6-9-14(17)20/h6-7,9-11H,3-5,8,12,21H2,1-2H3,(H2,22,23)/b15-11+. The van der Waals surface area contributed by atoms with Crippen LogP contribution in [0.1, 0.15) is 32.3 Å². The second kappa shape index (κ2) is 7.00. The van der Waals surface area contributed by atoms with Gasteiger partial charge in [0.2, 0.25) is 0 Å². The summed E-state index contributed by atoms with van der Waals surface area (Å²) >= 11 is 1.82. The Kier molecular flexibility index (Phi) is 4.95. The summed E-state index contributed by atoms with van der Waals surface area (Å²) in [5.74, 6) is 1.98. The van der Waals surface area contributed by atoms with Gasteiger partial charge in [-0.15, -0.1) is 11.8 Å². The predicted molar refractivity (Wildman–Crippen MR) is 105 cm³/mol. The number of hydrogen-bond donors (Lipinski definition) is 2. The van der Waals surface area contributed by atoms with Gasteiger partial charge in [0.1, 0.15) is 11.6 Å². The van der Waals surface area contributed by atoms with Crippen LogP contribution in [-0.2, 0) is 10.2 Å². The third-order valence-corrected chi connectivity index (χ3v) is 5.99. The van der Waals surface area contributed by atoms with E-state index in [-0.39, 0.29) is 0 Å². The van der Waals surface area contributed by atoms with Gasteiger partial charge in [-0.1, -0.05) is 38.1 Å². The molecule has 132 valence electrons. The Labute approximate surface area is 153 Å². The van der Waals surface area contributed by atoms with Crippen molar-refractivity contribution in [1.82, 2.24) is 0 Å². The fraction of sp³-hybridized carbons (Fsp3) is 0.350. The molecule has 0 radical (unpaired) electrons. The quantitative estimate of drug-likeness (QED) is 0.787. The summed E-state index contributed by atoms with van der Waals surface area (Å²) in [6.45, 7) is 8.89. The largest absolute Gasteiger partial charge is 0.494 e. The molecule has 2 heterocycles. The number of amidine groups is 1. The van der Waals surface area contributed by atoms with Crippen molar-refractivity contribution in [3.63, 3.8) is 0 Å². The zero-order valence-corrected chi connectivity index (χ0v) is 15.7. The molecule has 1 spiro atoms. The first kappa shape index (κ1) is 17.7. The number of aliphatic imine (C=N–C) groups is 1. The minimum atomic E-state index is -0.446. The van der Waals surface area contributed by atoms with E-state index in [1.165, 1.54) is 10.5 Å². The molecule has 0 amide bonds. The van der Waals surface area contributed by atoms with Crippen LogP contribution >= 0.6 is 11.8 Å². The van der Waals surface area contributed by atoms with E-state index in [0.29, 0.717) is 18.2 Å². The first-order chi connectivity index (χ1) is 12.1. The first-order valence-electron chi connectivity index (χ1n) is 8.65. The highest BCUT2D eigenvalue weighted by atomic mass is 32.2. The molecule has 0 fully saturated rings. The molecule has 4 N–H and O–H groups in total. The highest BCUT2D eigenvalue weighted by Gasteiger charge is 2.50. The Bertz CT molecular complexity index is 794. The Morgan fingerprint density at radius 2 is 2.16 bits per heavy atom. The number of ether oxygens (including phenoxy) is 1. The van der Waals surface area contributed by atoms with Crippen LogP contribution in [0.3, 0.4) is 0 Å². The van der Waals surface area contributed by atoms with Gasteiger partial charge >= 0.3 is 0 Å². The van der Waals surface area contributed by atoms with Crippen LogP contribution in [0.4, 0.5) is 0 Å². The number of allylic oxidation sites excluding steroid dienone is 2. The maximum atomic E-state index is 6.35. The Balaban J connectivity index is 2.32. The maximum Gasteiger partial charge on any atom is 0.129 e. The number of thioether (sulfide) groups is 1. The minimum absolute atomic E-state index is 0.446. The molecular weight excluding hydrogens is 330 g/mol. The Morgan fingerprint density at radius 3 is 2.84 bits per heavy atom. The molecule has 5 heteroatoms. The van der Waals surface area contributed by atoms with Crippen molar-refractivity contribution in [2.75, 3.05) is 12.4 Å². The van der Waals surface area contributed by atoms with Crippen LogP contribution in [-0.4, -0.2) is 18.2 Å². The number of fused-ring (bicyclic) bond motifs is 2. The van der Waals surface area contributed by atoms with Gasteiger partial charge in [0.25, 0.3) is 0 Å². The summed E-state index contributed by atoms with van der Waals surface area (Å²) in [6, 6.07) is 8.42. The average molecular weight is 356 g/mol. The molecule has 2 aliphatic heterocycles. The Hall–Kier alpha value is -2.14. The fourth-order valence-corrected chi connectivity index (χ4v) is 5.19. The van der Waals surface area contributed by atoms with E-state index in [1.807, 2.05) is 18.7 Å². The van der Waals surface area contributed by atoms with Crippen molar-refractivity contribution in [2.45, 2.75) is 37.0 Å². The topological polar surface area (TPSA) is 73.6 Å². The smallest absolute Gasteiger partial charge is 0.129 e. The van der Waals surface area contributed by atoms with E-state index in [2.05, 4.69) is 42.8 Å². The van der Waals surface area contributed by atoms with Gasteiger partial charge in [-0.05, 0) is 25.0 Å². The second-order valence-electron chi connectivity index (χ2n) is 6.20. The lowest BCUT2D eigenvalue weighted by molar-refractivity contribution is 0.232. The van der Waals surface area contributed by atoms with E-state index >= 15 is 0 Å². The summed E-state index contributed by atoms with van der Waals surface area (Å²) in [5, 5.41) is 0.